The quantitative estimate of drug-likeness (QED) is 0.323. The van der Waals surface area contributed by atoms with E-state index in [0.29, 0.717) is 12.2 Å². The average molecular weight is 423 g/mol. The molecule has 2 aromatic carbocycles. The number of rotatable bonds is 11. The lowest BCUT2D eigenvalue weighted by Crippen LogP contribution is -2.40. The molecule has 0 saturated carbocycles. The summed E-state index contributed by atoms with van der Waals surface area (Å²) < 4.78 is 20.7. The third-order valence-electron chi connectivity index (χ3n) is 4.10. The molecule has 9 heteroatoms. The van der Waals surface area contributed by atoms with Crippen LogP contribution < -0.4 is 10.1 Å². The van der Waals surface area contributed by atoms with E-state index in [4.69, 9.17) is 14.5 Å². The lowest BCUT2D eigenvalue weighted by Gasteiger charge is -2.16. The van der Waals surface area contributed by atoms with Gasteiger partial charge in [0, 0.05) is 5.56 Å². The summed E-state index contributed by atoms with van der Waals surface area (Å²) in [5.41, 5.74) is 2.25. The zero-order valence-electron chi connectivity index (χ0n) is 16.2. The largest absolute Gasteiger partial charge is 0.494 e. The van der Waals surface area contributed by atoms with Crippen LogP contribution in [0.3, 0.4) is 0 Å². The van der Waals surface area contributed by atoms with Gasteiger partial charge < -0.3 is 24.9 Å². The van der Waals surface area contributed by atoms with Crippen molar-refractivity contribution in [2.24, 2.45) is 0 Å². The van der Waals surface area contributed by atoms with Gasteiger partial charge in [0.15, 0.2) is 0 Å². The number of phosphoric ester groups is 1. The zero-order valence-corrected chi connectivity index (χ0v) is 17.0. The summed E-state index contributed by atoms with van der Waals surface area (Å²) in [7, 11) is -4.67. The summed E-state index contributed by atoms with van der Waals surface area (Å²) in [6, 6.07) is 13.6. The van der Waals surface area contributed by atoms with Crippen molar-refractivity contribution in [3.63, 3.8) is 0 Å². The smallest absolute Gasteiger partial charge is 0.469 e. The summed E-state index contributed by atoms with van der Waals surface area (Å²) >= 11 is 0. The van der Waals surface area contributed by atoms with Crippen molar-refractivity contribution in [1.82, 2.24) is 5.32 Å². The predicted octanol–water partition coefficient (Wildman–Crippen LogP) is 2.73. The minimum absolute atomic E-state index is 0.350. The Kier molecular flexibility index (Phi) is 8.82. The molecule has 0 aliphatic rings. The first-order valence-corrected chi connectivity index (χ1v) is 10.8. The van der Waals surface area contributed by atoms with Crippen molar-refractivity contribution in [3.8, 4) is 16.9 Å². The highest BCUT2D eigenvalue weighted by atomic mass is 31.2. The molecule has 2 rings (SSSR count). The van der Waals surface area contributed by atoms with Crippen molar-refractivity contribution < 1.29 is 33.5 Å². The molecule has 0 aliphatic heterocycles. The Balaban J connectivity index is 1.96. The molecule has 0 radical (unpaired) electrons. The van der Waals surface area contributed by atoms with Crippen molar-refractivity contribution in [2.75, 3.05) is 19.8 Å². The molecule has 8 nitrogen and oxygen atoms in total. The predicted molar refractivity (Wildman–Crippen MR) is 109 cm³/mol. The Hall–Kier alpha value is -2.22. The number of aliphatic hydroxyl groups excluding tert-OH is 1. The topological polar surface area (TPSA) is 125 Å². The third-order valence-corrected chi connectivity index (χ3v) is 4.59. The molecule has 0 heterocycles. The van der Waals surface area contributed by atoms with Crippen LogP contribution in [-0.2, 0) is 9.09 Å². The Morgan fingerprint density at radius 3 is 2.17 bits per heavy atom. The fraction of sp³-hybridized carbons (Fsp3) is 0.350. The van der Waals surface area contributed by atoms with Crippen LogP contribution in [0.4, 0.5) is 0 Å². The highest BCUT2D eigenvalue weighted by Crippen LogP contribution is 2.35. The van der Waals surface area contributed by atoms with Crippen molar-refractivity contribution in [3.05, 3.63) is 54.1 Å². The molecule has 4 N–H and O–H groups in total. The summed E-state index contributed by atoms with van der Waals surface area (Å²) in [6.45, 7) is 1.78. The van der Waals surface area contributed by atoms with Gasteiger partial charge in [-0.15, -0.1) is 0 Å². The number of amides is 1. The van der Waals surface area contributed by atoms with Gasteiger partial charge in [0.25, 0.3) is 5.91 Å². The van der Waals surface area contributed by atoms with E-state index in [0.717, 1.165) is 29.7 Å². The molecule has 29 heavy (non-hydrogen) atoms. The number of hydrogen-bond donors (Lipinski definition) is 4. The number of benzene rings is 2. The van der Waals surface area contributed by atoms with Crippen LogP contribution in [0.15, 0.2) is 48.5 Å². The van der Waals surface area contributed by atoms with Crippen LogP contribution >= 0.6 is 7.82 Å². The maximum absolute atomic E-state index is 12.3. The highest BCUT2D eigenvalue weighted by Gasteiger charge is 2.19. The minimum Gasteiger partial charge on any atom is -0.494 e. The Bertz CT molecular complexity index is 818. The van der Waals surface area contributed by atoms with Crippen molar-refractivity contribution in [1.29, 1.82) is 0 Å². The lowest BCUT2D eigenvalue weighted by molar-refractivity contribution is 0.0867. The van der Waals surface area contributed by atoms with Crippen LogP contribution in [0.5, 0.6) is 5.75 Å². The first-order chi connectivity index (χ1) is 13.8. The fourth-order valence-corrected chi connectivity index (χ4v) is 2.86. The van der Waals surface area contributed by atoms with Gasteiger partial charge in [-0.2, -0.15) is 0 Å². The molecule has 0 spiro atoms. The first-order valence-electron chi connectivity index (χ1n) is 9.27. The SMILES string of the molecule is CCCCOc1ccc(-c2ccc(C(=O)N[C@H](CO)COP(=O)(O)O)cc2)cc1. The molecule has 2 aromatic rings. The second kappa shape index (κ2) is 11.1. The first kappa shape index (κ1) is 23.1. The van der Waals surface area contributed by atoms with Crippen molar-refractivity contribution >= 4 is 13.7 Å². The van der Waals surface area contributed by atoms with Gasteiger partial charge in [0.2, 0.25) is 0 Å². The monoisotopic (exact) mass is 423 g/mol. The van der Waals surface area contributed by atoms with Gasteiger partial charge in [0.05, 0.1) is 25.9 Å². The van der Waals surface area contributed by atoms with Gasteiger partial charge in [0.1, 0.15) is 5.75 Å². The molecular weight excluding hydrogens is 397 g/mol. The summed E-state index contributed by atoms with van der Waals surface area (Å²) in [6.07, 6.45) is 2.08. The molecule has 0 saturated heterocycles. The normalized spacial score (nSPS) is 12.4. The molecule has 0 bridgehead atoms. The van der Waals surface area contributed by atoms with E-state index in [1.165, 1.54) is 0 Å². The number of aliphatic hydroxyl groups is 1. The Morgan fingerprint density at radius 2 is 1.66 bits per heavy atom. The van der Waals surface area contributed by atoms with Crippen LogP contribution in [0.25, 0.3) is 11.1 Å². The van der Waals surface area contributed by atoms with Gasteiger partial charge >= 0.3 is 7.82 Å². The number of nitrogens with one attached hydrogen (secondary N) is 1. The van der Waals surface area contributed by atoms with Crippen LogP contribution in [0.2, 0.25) is 0 Å². The van der Waals surface area contributed by atoms with E-state index >= 15 is 0 Å². The Morgan fingerprint density at radius 1 is 1.07 bits per heavy atom. The standard InChI is InChI=1S/C20H26NO7P/c1-2-3-12-27-19-10-8-16(9-11-19)15-4-6-17(7-5-15)20(23)21-18(13-22)14-28-29(24,25)26/h4-11,18,22H,2-3,12-14H2,1H3,(H,21,23)(H2,24,25,26)/t18-/m1/s1. The molecule has 0 unspecified atom stereocenters. The summed E-state index contributed by atoms with van der Waals surface area (Å²) in [4.78, 5) is 29.7. The second-order valence-electron chi connectivity index (χ2n) is 6.44. The number of hydrogen-bond acceptors (Lipinski definition) is 5. The average Bonchev–Trinajstić information content (AvgIpc) is 2.71. The summed E-state index contributed by atoms with van der Waals surface area (Å²) in [5.74, 6) is 0.329. The van der Waals surface area contributed by atoms with Crippen LogP contribution in [0, 0.1) is 0 Å². The number of carbonyl (C=O) groups is 1. The number of phosphoric acid groups is 1. The number of ether oxygens (including phenoxy) is 1. The molecule has 1 amide bonds. The lowest BCUT2D eigenvalue weighted by atomic mass is 10.0. The second-order valence-corrected chi connectivity index (χ2v) is 7.68. The van der Waals surface area contributed by atoms with E-state index in [2.05, 4.69) is 16.8 Å². The van der Waals surface area contributed by atoms with Crippen LogP contribution in [-0.4, -0.2) is 46.7 Å². The summed E-state index contributed by atoms with van der Waals surface area (Å²) in [5, 5.41) is 11.7. The molecule has 0 aromatic heterocycles. The maximum Gasteiger partial charge on any atom is 0.469 e. The molecular formula is C20H26NO7P. The molecule has 0 fully saturated rings. The zero-order chi connectivity index (χ0) is 21.3. The van der Waals surface area contributed by atoms with E-state index in [1.54, 1.807) is 24.3 Å². The Labute approximate surface area is 169 Å². The van der Waals surface area contributed by atoms with Gasteiger partial charge in [-0.25, -0.2) is 4.57 Å². The number of carbonyl (C=O) groups excluding carboxylic acids is 1. The minimum atomic E-state index is -4.67. The molecule has 1 atom stereocenters. The van der Waals surface area contributed by atoms with E-state index in [-0.39, 0.29) is 0 Å². The van der Waals surface area contributed by atoms with E-state index in [1.807, 2.05) is 24.3 Å². The van der Waals surface area contributed by atoms with E-state index < -0.39 is 33.0 Å². The fourth-order valence-electron chi connectivity index (χ4n) is 2.49. The highest BCUT2D eigenvalue weighted by molar-refractivity contribution is 7.46. The van der Waals surface area contributed by atoms with Crippen LogP contribution in [0.1, 0.15) is 30.1 Å². The van der Waals surface area contributed by atoms with Crippen molar-refractivity contribution in [2.45, 2.75) is 25.8 Å². The van der Waals surface area contributed by atoms with Gasteiger partial charge in [-0.05, 0) is 41.8 Å². The third kappa shape index (κ3) is 7.97. The molecule has 0 aliphatic carbocycles. The van der Waals surface area contributed by atoms with Gasteiger partial charge in [-0.1, -0.05) is 37.6 Å². The maximum atomic E-state index is 12.3. The number of unbranched alkanes of at least 4 members (excludes halogenated alkanes) is 1. The molecule has 158 valence electrons. The van der Waals surface area contributed by atoms with E-state index in [9.17, 15) is 14.5 Å². The van der Waals surface area contributed by atoms with Gasteiger partial charge in [-0.3, -0.25) is 9.32 Å².